The van der Waals surface area contributed by atoms with E-state index in [0.29, 0.717) is 11.5 Å². The quantitative estimate of drug-likeness (QED) is 0.393. The molecule has 6 heteroatoms. The fraction of sp³-hybridized carbons (Fsp3) is 0.133. The van der Waals surface area contributed by atoms with Gasteiger partial charge in [0.05, 0.1) is 7.11 Å². The van der Waals surface area contributed by atoms with Crippen LogP contribution in [0.1, 0.15) is 11.1 Å². The molecule has 0 saturated carbocycles. The van der Waals surface area contributed by atoms with Crippen LogP contribution in [-0.4, -0.2) is 18.2 Å². The molecule has 5 nitrogen and oxygen atoms in total. The first-order valence-electron chi connectivity index (χ1n) is 6.15. The van der Waals surface area contributed by atoms with Gasteiger partial charge in [-0.25, -0.2) is 4.39 Å². The maximum absolute atomic E-state index is 14.0. The smallest absolute Gasteiger partial charge is 0.170 e. The number of aryl methyl sites for hydroxylation is 1. The first kappa shape index (κ1) is 14.6. The molecular weight excluding hydrogens is 275 g/mol. The van der Waals surface area contributed by atoms with E-state index in [2.05, 4.69) is 5.16 Å². The van der Waals surface area contributed by atoms with Crippen LogP contribution >= 0.6 is 0 Å². The summed E-state index contributed by atoms with van der Waals surface area (Å²) in [6.07, 6.45) is 0. The number of benzene rings is 2. The molecule has 0 unspecified atom stereocenters. The Morgan fingerprint density at radius 1 is 1.14 bits per heavy atom. The van der Waals surface area contributed by atoms with Crippen LogP contribution in [-0.2, 0) is 0 Å². The van der Waals surface area contributed by atoms with Crippen LogP contribution in [0.5, 0.6) is 17.2 Å². The van der Waals surface area contributed by atoms with Crippen LogP contribution in [0.2, 0.25) is 0 Å². The molecule has 0 spiro atoms. The van der Waals surface area contributed by atoms with Crippen molar-refractivity contribution in [2.75, 3.05) is 7.11 Å². The van der Waals surface area contributed by atoms with E-state index in [-0.39, 0.29) is 17.1 Å². The summed E-state index contributed by atoms with van der Waals surface area (Å²) in [7, 11) is 1.51. The summed E-state index contributed by atoms with van der Waals surface area (Å²) in [4.78, 5) is 0. The third-order valence-corrected chi connectivity index (χ3v) is 2.87. The van der Waals surface area contributed by atoms with Crippen molar-refractivity contribution in [3.63, 3.8) is 0 Å². The topological polar surface area (TPSA) is 77.1 Å². The Labute approximate surface area is 121 Å². The molecular formula is C15H15FN2O3. The number of hydrogen-bond acceptors (Lipinski definition) is 4. The molecule has 0 heterocycles. The molecule has 0 aromatic heterocycles. The summed E-state index contributed by atoms with van der Waals surface area (Å²) >= 11 is 0. The highest BCUT2D eigenvalue weighted by Crippen LogP contribution is 2.33. The summed E-state index contributed by atoms with van der Waals surface area (Å²) in [5.74, 6) is 0.134. The molecule has 0 bridgehead atoms. The maximum Gasteiger partial charge on any atom is 0.170 e. The lowest BCUT2D eigenvalue weighted by atomic mass is 10.2. The third kappa shape index (κ3) is 3.22. The minimum Gasteiger partial charge on any atom is -0.493 e. The minimum atomic E-state index is -0.623. The van der Waals surface area contributed by atoms with Crippen molar-refractivity contribution < 1.29 is 19.1 Å². The van der Waals surface area contributed by atoms with Crippen molar-refractivity contribution in [1.29, 1.82) is 0 Å². The fourth-order valence-electron chi connectivity index (χ4n) is 1.78. The number of oxime groups is 1. The number of hydrogen-bond donors (Lipinski definition) is 2. The van der Waals surface area contributed by atoms with Gasteiger partial charge in [-0.15, -0.1) is 0 Å². The van der Waals surface area contributed by atoms with Gasteiger partial charge < -0.3 is 20.4 Å². The zero-order valence-electron chi connectivity index (χ0n) is 11.6. The van der Waals surface area contributed by atoms with Crippen LogP contribution in [0.4, 0.5) is 4.39 Å². The van der Waals surface area contributed by atoms with Gasteiger partial charge in [-0.2, -0.15) is 0 Å². The number of nitrogens with zero attached hydrogens (tertiary/aromatic N) is 1. The first-order chi connectivity index (χ1) is 10.0. The number of nitrogens with two attached hydrogens (primary N) is 1. The van der Waals surface area contributed by atoms with Crippen LogP contribution in [0.3, 0.4) is 0 Å². The Hall–Kier alpha value is -2.76. The van der Waals surface area contributed by atoms with Gasteiger partial charge in [0.25, 0.3) is 0 Å². The van der Waals surface area contributed by atoms with E-state index in [9.17, 15) is 4.39 Å². The monoisotopic (exact) mass is 290 g/mol. The van der Waals surface area contributed by atoms with Crippen molar-refractivity contribution in [2.45, 2.75) is 6.92 Å². The standard InChI is InChI=1S/C15H15FN2O3/c1-9-3-5-13(14(7-9)20-2)21-12-6-4-10(8-11(12)16)15(17)18-19/h3-8,19H,1-2H3,(H2,17,18). The van der Waals surface area contributed by atoms with E-state index in [1.54, 1.807) is 12.1 Å². The second-order valence-corrected chi connectivity index (χ2v) is 4.39. The van der Waals surface area contributed by atoms with Gasteiger partial charge in [-0.1, -0.05) is 11.2 Å². The van der Waals surface area contributed by atoms with Crippen molar-refractivity contribution in [3.8, 4) is 17.2 Å². The molecule has 0 aliphatic carbocycles. The fourth-order valence-corrected chi connectivity index (χ4v) is 1.78. The Morgan fingerprint density at radius 3 is 2.48 bits per heavy atom. The molecule has 0 amide bonds. The average molecular weight is 290 g/mol. The van der Waals surface area contributed by atoms with Crippen molar-refractivity contribution in [2.24, 2.45) is 10.9 Å². The van der Waals surface area contributed by atoms with Crippen molar-refractivity contribution >= 4 is 5.84 Å². The van der Waals surface area contributed by atoms with Crippen LogP contribution in [0.15, 0.2) is 41.6 Å². The molecule has 0 radical (unpaired) electrons. The second-order valence-electron chi connectivity index (χ2n) is 4.39. The molecule has 2 aromatic rings. The number of halogens is 1. The Bertz CT molecular complexity index is 687. The Morgan fingerprint density at radius 2 is 1.86 bits per heavy atom. The number of rotatable bonds is 4. The molecule has 3 N–H and O–H groups in total. The Kier molecular flexibility index (Phi) is 4.27. The molecule has 2 aromatic carbocycles. The first-order valence-corrected chi connectivity index (χ1v) is 6.15. The molecule has 2 rings (SSSR count). The number of methoxy groups -OCH3 is 1. The van der Waals surface area contributed by atoms with Crippen molar-refractivity contribution in [3.05, 3.63) is 53.3 Å². The summed E-state index contributed by atoms with van der Waals surface area (Å²) in [5, 5.41) is 11.4. The van der Waals surface area contributed by atoms with E-state index >= 15 is 0 Å². The Balaban J connectivity index is 2.32. The molecule has 0 saturated heterocycles. The van der Waals surface area contributed by atoms with Crippen LogP contribution < -0.4 is 15.2 Å². The normalized spacial score (nSPS) is 11.3. The second kappa shape index (κ2) is 6.13. The highest BCUT2D eigenvalue weighted by atomic mass is 19.1. The zero-order chi connectivity index (χ0) is 15.4. The predicted octanol–water partition coefficient (Wildman–Crippen LogP) is 3.03. The molecule has 21 heavy (non-hydrogen) atoms. The van der Waals surface area contributed by atoms with Gasteiger partial charge in [0.15, 0.2) is 28.9 Å². The maximum atomic E-state index is 14.0. The molecule has 0 fully saturated rings. The van der Waals surface area contributed by atoms with Gasteiger partial charge in [0.1, 0.15) is 0 Å². The minimum absolute atomic E-state index is 0.0200. The zero-order valence-corrected chi connectivity index (χ0v) is 11.6. The van der Waals surface area contributed by atoms with Crippen LogP contribution in [0.25, 0.3) is 0 Å². The van der Waals surface area contributed by atoms with E-state index in [0.717, 1.165) is 11.6 Å². The molecule has 0 atom stereocenters. The summed E-state index contributed by atoms with van der Waals surface area (Å²) in [6, 6.07) is 9.35. The van der Waals surface area contributed by atoms with E-state index < -0.39 is 5.82 Å². The lowest BCUT2D eigenvalue weighted by molar-refractivity contribution is 0.318. The summed E-state index contributed by atoms with van der Waals surface area (Å²) in [5.41, 5.74) is 6.66. The molecule has 0 aliphatic heterocycles. The average Bonchev–Trinajstić information content (AvgIpc) is 2.49. The molecule has 110 valence electrons. The van der Waals surface area contributed by atoms with Crippen molar-refractivity contribution in [1.82, 2.24) is 0 Å². The lowest BCUT2D eigenvalue weighted by Gasteiger charge is -2.12. The number of ether oxygens (including phenoxy) is 2. The van der Waals surface area contributed by atoms with Crippen LogP contribution in [0, 0.1) is 12.7 Å². The van der Waals surface area contributed by atoms with Gasteiger partial charge in [-0.05, 0) is 42.8 Å². The highest BCUT2D eigenvalue weighted by molar-refractivity contribution is 5.97. The molecule has 0 aliphatic rings. The van der Waals surface area contributed by atoms with E-state index in [1.807, 2.05) is 13.0 Å². The summed E-state index contributed by atoms with van der Waals surface area (Å²) in [6.45, 7) is 1.92. The predicted molar refractivity (Wildman–Crippen MR) is 76.7 cm³/mol. The number of amidine groups is 1. The van der Waals surface area contributed by atoms with Gasteiger partial charge >= 0.3 is 0 Å². The third-order valence-electron chi connectivity index (χ3n) is 2.87. The van der Waals surface area contributed by atoms with Gasteiger partial charge in [0.2, 0.25) is 0 Å². The van der Waals surface area contributed by atoms with Gasteiger partial charge in [-0.3, -0.25) is 0 Å². The van der Waals surface area contributed by atoms with Gasteiger partial charge in [0, 0.05) is 5.56 Å². The van der Waals surface area contributed by atoms with E-state index in [1.165, 1.54) is 19.2 Å². The lowest BCUT2D eigenvalue weighted by Crippen LogP contribution is -2.13. The largest absolute Gasteiger partial charge is 0.493 e. The highest BCUT2D eigenvalue weighted by Gasteiger charge is 2.11. The summed E-state index contributed by atoms with van der Waals surface area (Å²) < 4.78 is 24.7. The SMILES string of the molecule is COc1cc(C)ccc1Oc1ccc(/C(N)=N/O)cc1F. The van der Waals surface area contributed by atoms with E-state index in [4.69, 9.17) is 20.4 Å².